The smallest absolute Gasteiger partial charge is 0.418 e. The summed E-state index contributed by atoms with van der Waals surface area (Å²) in [4.78, 5) is 0. The van der Waals surface area contributed by atoms with Gasteiger partial charge in [0.1, 0.15) is 0 Å². The van der Waals surface area contributed by atoms with Gasteiger partial charge in [-0.1, -0.05) is 53.4 Å². The van der Waals surface area contributed by atoms with Gasteiger partial charge in [-0.25, -0.2) is 0 Å². The van der Waals surface area contributed by atoms with Crippen molar-refractivity contribution >= 4 is 21.8 Å². The van der Waals surface area contributed by atoms with E-state index >= 15 is 0 Å². The second-order valence-electron chi connectivity index (χ2n) is 7.54. The molecule has 0 fully saturated rings. The zero-order valence-electron chi connectivity index (χ0n) is 21.6. The molecule has 0 saturated heterocycles. The Balaban J connectivity index is -0.000000135. The van der Waals surface area contributed by atoms with Crippen molar-refractivity contribution in [2.24, 2.45) is 0 Å². The lowest BCUT2D eigenvalue weighted by Gasteiger charge is -2.39. The van der Waals surface area contributed by atoms with Gasteiger partial charge in [-0.2, -0.15) is 0 Å². The summed E-state index contributed by atoms with van der Waals surface area (Å²) in [7, 11) is -14.8. The SMILES string of the molecule is CCCC[N+](CCCC)(CCCC)CCCC.COC.F[B-](F)(F)F.F[B-](F)(F)F.F[B-](F)(F)F. The quantitative estimate of drug-likeness (QED) is 0.134. The standard InChI is InChI=1S/C16H36N.C2H6O.3BF4/c1-5-9-13-17(14-10-6-2,15-11-7-3)16-12-8-4;1-3-2;3*2-1(3,4)5/h5-16H2,1-4H3;1-2H3;;;/q+1;;3*-1. The summed E-state index contributed by atoms with van der Waals surface area (Å²) in [6, 6.07) is 0. The van der Waals surface area contributed by atoms with Crippen LogP contribution in [-0.2, 0) is 4.74 Å². The van der Waals surface area contributed by atoms with Gasteiger partial charge in [0.25, 0.3) is 0 Å². The monoisotopic (exact) mass is 549 g/mol. The van der Waals surface area contributed by atoms with Crippen molar-refractivity contribution in [2.75, 3.05) is 40.4 Å². The lowest BCUT2D eigenvalue weighted by molar-refractivity contribution is -0.929. The molecule has 0 aromatic heterocycles. The Kier molecular flexibility index (Phi) is 33.3. The van der Waals surface area contributed by atoms with Crippen LogP contribution in [0.25, 0.3) is 0 Å². The maximum absolute atomic E-state index is 9.75. The average Bonchev–Trinajstić information content (AvgIpc) is 2.63. The van der Waals surface area contributed by atoms with Gasteiger partial charge in [0.05, 0.1) is 26.2 Å². The summed E-state index contributed by atoms with van der Waals surface area (Å²) in [6.07, 6.45) is 11.1. The molecule has 0 spiro atoms. The zero-order chi connectivity index (χ0) is 29.2. The van der Waals surface area contributed by atoms with Crippen LogP contribution in [0.2, 0.25) is 0 Å². The van der Waals surface area contributed by atoms with Crippen molar-refractivity contribution in [3.63, 3.8) is 0 Å². The van der Waals surface area contributed by atoms with Gasteiger partial charge in [-0.3, -0.25) is 0 Å². The molecule has 0 unspecified atom stereocenters. The van der Waals surface area contributed by atoms with Crippen LogP contribution in [-0.4, -0.2) is 66.6 Å². The first-order chi connectivity index (χ1) is 15.7. The van der Waals surface area contributed by atoms with E-state index in [1.54, 1.807) is 14.2 Å². The number of halogens is 12. The third-order valence-electron chi connectivity index (χ3n) is 3.94. The second kappa shape index (κ2) is 26.3. The molecule has 0 N–H and O–H groups in total. The van der Waals surface area contributed by atoms with E-state index in [0.29, 0.717) is 0 Å². The number of rotatable bonds is 12. The highest BCUT2D eigenvalue weighted by atomic mass is 19.5. The fraction of sp³-hybridized carbons (Fsp3) is 1.00. The Morgan fingerprint density at radius 3 is 0.629 bits per heavy atom. The minimum atomic E-state index is -6.00. The Morgan fingerprint density at radius 2 is 0.543 bits per heavy atom. The Morgan fingerprint density at radius 1 is 0.429 bits per heavy atom. The molecule has 0 aromatic rings. The number of nitrogens with zero attached hydrogens (tertiary/aromatic N) is 1. The third-order valence-corrected chi connectivity index (χ3v) is 3.94. The number of hydrogen-bond donors (Lipinski definition) is 0. The van der Waals surface area contributed by atoms with E-state index in [1.807, 2.05) is 0 Å². The number of ether oxygens (including phenoxy) is 1. The first-order valence-corrected chi connectivity index (χ1v) is 11.5. The van der Waals surface area contributed by atoms with Crippen molar-refractivity contribution in [3.05, 3.63) is 0 Å². The van der Waals surface area contributed by atoms with E-state index < -0.39 is 21.8 Å². The predicted octanol–water partition coefficient (Wildman–Crippen LogP) is 9.17. The molecular formula is C18H42B3F12NO-2. The van der Waals surface area contributed by atoms with Crippen molar-refractivity contribution < 1.29 is 61.0 Å². The molecule has 0 radical (unpaired) electrons. The summed E-state index contributed by atoms with van der Waals surface area (Å²) < 4.78 is 123. The molecule has 35 heavy (non-hydrogen) atoms. The van der Waals surface area contributed by atoms with Gasteiger partial charge in [0, 0.05) is 14.2 Å². The van der Waals surface area contributed by atoms with Gasteiger partial charge in [-0.15, -0.1) is 0 Å². The minimum Gasteiger partial charge on any atom is -0.418 e. The number of unbranched alkanes of at least 4 members (excludes halogenated alkanes) is 4. The van der Waals surface area contributed by atoms with Crippen molar-refractivity contribution in [1.29, 1.82) is 0 Å². The van der Waals surface area contributed by atoms with Gasteiger partial charge >= 0.3 is 21.8 Å². The second-order valence-corrected chi connectivity index (χ2v) is 7.54. The zero-order valence-corrected chi connectivity index (χ0v) is 21.6. The fourth-order valence-electron chi connectivity index (χ4n) is 2.64. The fourth-order valence-corrected chi connectivity index (χ4v) is 2.64. The Labute approximate surface area is 203 Å². The first-order valence-electron chi connectivity index (χ1n) is 11.5. The van der Waals surface area contributed by atoms with Crippen LogP contribution in [0.5, 0.6) is 0 Å². The maximum Gasteiger partial charge on any atom is 0.673 e. The Hall–Kier alpha value is -0.725. The molecule has 0 bridgehead atoms. The molecular weight excluding hydrogens is 507 g/mol. The normalized spacial score (nSPS) is 11.5. The highest BCUT2D eigenvalue weighted by Gasteiger charge is 2.25. The Bertz CT molecular complexity index is 328. The van der Waals surface area contributed by atoms with E-state index in [1.165, 1.54) is 82.0 Å². The van der Waals surface area contributed by atoms with Crippen molar-refractivity contribution in [2.45, 2.75) is 79.1 Å². The van der Waals surface area contributed by atoms with Gasteiger partial charge in [0.2, 0.25) is 0 Å². The van der Waals surface area contributed by atoms with Crippen LogP contribution < -0.4 is 0 Å². The summed E-state index contributed by atoms with van der Waals surface area (Å²) in [5, 5.41) is 0. The van der Waals surface area contributed by atoms with Crippen molar-refractivity contribution in [3.8, 4) is 0 Å². The lowest BCUT2D eigenvalue weighted by atomic mass is 10.1. The first kappa shape index (κ1) is 44.3. The van der Waals surface area contributed by atoms with Crippen molar-refractivity contribution in [1.82, 2.24) is 0 Å². The molecule has 0 atom stereocenters. The molecule has 17 heteroatoms. The van der Waals surface area contributed by atoms with E-state index in [0.717, 1.165) is 0 Å². The molecule has 0 saturated carbocycles. The highest BCUT2D eigenvalue weighted by molar-refractivity contribution is 6.50. The summed E-state index contributed by atoms with van der Waals surface area (Å²) >= 11 is 0. The van der Waals surface area contributed by atoms with Gasteiger partial charge in [-0.05, 0) is 25.7 Å². The van der Waals surface area contributed by atoms with E-state index in [4.69, 9.17) is 0 Å². The summed E-state index contributed by atoms with van der Waals surface area (Å²) in [5.41, 5.74) is 0. The van der Waals surface area contributed by atoms with E-state index in [-0.39, 0.29) is 0 Å². The molecule has 0 aromatic carbocycles. The summed E-state index contributed by atoms with van der Waals surface area (Å²) in [6.45, 7) is 15.0. The van der Waals surface area contributed by atoms with Gasteiger partial charge < -0.3 is 61.0 Å². The van der Waals surface area contributed by atoms with E-state index in [9.17, 15) is 51.8 Å². The molecule has 0 amide bonds. The average molecular weight is 549 g/mol. The molecule has 220 valence electrons. The summed E-state index contributed by atoms with van der Waals surface area (Å²) in [5.74, 6) is 0. The van der Waals surface area contributed by atoms with Crippen LogP contribution in [0.3, 0.4) is 0 Å². The van der Waals surface area contributed by atoms with E-state index in [2.05, 4.69) is 32.4 Å². The predicted molar refractivity (Wildman–Crippen MR) is 123 cm³/mol. The van der Waals surface area contributed by atoms with Crippen LogP contribution in [0, 0.1) is 0 Å². The topological polar surface area (TPSA) is 9.23 Å². The molecule has 2 nitrogen and oxygen atoms in total. The molecule has 0 aliphatic heterocycles. The number of quaternary nitrogens is 1. The molecule has 0 aliphatic rings. The minimum absolute atomic E-state index is 1.35. The van der Waals surface area contributed by atoms with Crippen LogP contribution in [0.1, 0.15) is 79.1 Å². The van der Waals surface area contributed by atoms with Gasteiger partial charge in [0.15, 0.2) is 0 Å². The highest BCUT2D eigenvalue weighted by Crippen LogP contribution is 2.16. The molecule has 0 aliphatic carbocycles. The largest absolute Gasteiger partial charge is 0.673 e. The number of methoxy groups -OCH3 is 1. The van der Waals surface area contributed by atoms with Crippen LogP contribution in [0.15, 0.2) is 0 Å². The van der Waals surface area contributed by atoms with Crippen LogP contribution in [0.4, 0.5) is 51.8 Å². The lowest BCUT2D eigenvalue weighted by Crippen LogP contribution is -2.50. The molecule has 0 heterocycles. The molecule has 0 rings (SSSR count). The third kappa shape index (κ3) is 87.6. The van der Waals surface area contributed by atoms with Crippen LogP contribution >= 0.6 is 0 Å². The maximum atomic E-state index is 9.75. The number of hydrogen-bond acceptors (Lipinski definition) is 1.